The number of alkyl halides is 1. The van der Waals surface area contributed by atoms with Gasteiger partial charge in [0.15, 0.2) is 0 Å². The molecule has 3 nitrogen and oxygen atoms in total. The summed E-state index contributed by atoms with van der Waals surface area (Å²) < 4.78 is 1.84. The topological polar surface area (TPSA) is 21.1 Å². The van der Waals surface area contributed by atoms with Crippen LogP contribution >= 0.6 is 23.2 Å². The predicted molar refractivity (Wildman–Crippen MR) is 64.6 cm³/mol. The number of rotatable bonds is 5. The van der Waals surface area contributed by atoms with E-state index in [1.807, 2.05) is 18.7 Å². The number of nitrogens with zero attached hydrogens (tertiary/aromatic N) is 3. The van der Waals surface area contributed by atoms with Gasteiger partial charge in [-0.05, 0) is 13.5 Å². The first kappa shape index (κ1) is 12.8. The molecular weight excluding hydrogens is 233 g/mol. The van der Waals surface area contributed by atoms with Gasteiger partial charge in [0.25, 0.3) is 0 Å². The molecule has 0 N–H and O–H groups in total. The molecule has 1 rings (SSSR count). The molecule has 0 aliphatic rings. The molecule has 1 aromatic rings. The molecule has 0 bridgehead atoms. The molecule has 0 spiro atoms. The summed E-state index contributed by atoms with van der Waals surface area (Å²) in [6.45, 7) is 6.68. The van der Waals surface area contributed by atoms with E-state index in [1.54, 1.807) is 0 Å². The first-order chi connectivity index (χ1) is 7.10. The fraction of sp³-hybridized carbons (Fsp3) is 0.700. The predicted octanol–water partition coefficient (Wildman–Crippen LogP) is 2.44. The summed E-state index contributed by atoms with van der Waals surface area (Å²) in [7, 11) is 1.92. The SMILES string of the molecule is CCN(CCCl)Cc1c(Cl)c(C)nn1C. The zero-order valence-electron chi connectivity index (χ0n) is 9.43. The average Bonchev–Trinajstić information content (AvgIpc) is 2.44. The highest BCUT2D eigenvalue weighted by molar-refractivity contribution is 6.31. The summed E-state index contributed by atoms with van der Waals surface area (Å²) in [5.74, 6) is 0.641. The van der Waals surface area contributed by atoms with E-state index >= 15 is 0 Å². The first-order valence-corrected chi connectivity index (χ1v) is 5.97. The van der Waals surface area contributed by atoms with Crippen molar-refractivity contribution in [1.82, 2.24) is 14.7 Å². The van der Waals surface area contributed by atoms with Crippen LogP contribution in [0.3, 0.4) is 0 Å². The molecule has 1 aromatic heterocycles. The van der Waals surface area contributed by atoms with Gasteiger partial charge in [-0.15, -0.1) is 11.6 Å². The Bertz CT molecular complexity index is 323. The third kappa shape index (κ3) is 3.10. The van der Waals surface area contributed by atoms with Gasteiger partial charge >= 0.3 is 0 Å². The van der Waals surface area contributed by atoms with Crippen LogP contribution in [0.1, 0.15) is 18.3 Å². The van der Waals surface area contributed by atoms with E-state index in [0.717, 1.165) is 36.0 Å². The first-order valence-electron chi connectivity index (χ1n) is 5.06. The fourth-order valence-corrected chi connectivity index (χ4v) is 1.99. The Labute approximate surface area is 101 Å². The van der Waals surface area contributed by atoms with Gasteiger partial charge in [0.1, 0.15) is 0 Å². The van der Waals surface area contributed by atoms with E-state index in [0.29, 0.717) is 5.88 Å². The number of halogens is 2. The highest BCUT2D eigenvalue weighted by atomic mass is 35.5. The zero-order chi connectivity index (χ0) is 11.4. The minimum atomic E-state index is 0.641. The van der Waals surface area contributed by atoms with Gasteiger partial charge in [-0.25, -0.2) is 0 Å². The Hall–Kier alpha value is -0.250. The van der Waals surface area contributed by atoms with E-state index in [4.69, 9.17) is 23.2 Å². The number of aryl methyl sites for hydroxylation is 2. The lowest BCUT2D eigenvalue weighted by Gasteiger charge is -2.19. The Balaban J connectivity index is 2.78. The Kier molecular flexibility index (Phi) is 4.90. The van der Waals surface area contributed by atoms with Gasteiger partial charge in [-0.1, -0.05) is 18.5 Å². The Morgan fingerprint density at radius 1 is 1.47 bits per heavy atom. The maximum atomic E-state index is 6.17. The van der Waals surface area contributed by atoms with E-state index in [9.17, 15) is 0 Å². The van der Waals surface area contributed by atoms with E-state index in [-0.39, 0.29) is 0 Å². The van der Waals surface area contributed by atoms with Crippen LogP contribution < -0.4 is 0 Å². The monoisotopic (exact) mass is 249 g/mol. The summed E-state index contributed by atoms with van der Waals surface area (Å²) in [5, 5.41) is 5.05. The highest BCUT2D eigenvalue weighted by Crippen LogP contribution is 2.20. The van der Waals surface area contributed by atoms with Gasteiger partial charge < -0.3 is 0 Å². The van der Waals surface area contributed by atoms with Gasteiger partial charge in [0, 0.05) is 26.0 Å². The molecule has 0 fully saturated rings. The summed E-state index contributed by atoms with van der Waals surface area (Å²) in [6, 6.07) is 0. The summed E-state index contributed by atoms with van der Waals surface area (Å²) in [6.07, 6.45) is 0. The van der Waals surface area contributed by atoms with Crippen LogP contribution in [-0.2, 0) is 13.6 Å². The Morgan fingerprint density at radius 2 is 2.13 bits per heavy atom. The molecule has 86 valence electrons. The molecular formula is C10H17Cl2N3. The van der Waals surface area contributed by atoms with Crippen molar-refractivity contribution in [2.75, 3.05) is 19.0 Å². The van der Waals surface area contributed by atoms with E-state index in [2.05, 4.69) is 16.9 Å². The molecule has 0 atom stereocenters. The second-order valence-corrected chi connectivity index (χ2v) is 4.28. The zero-order valence-corrected chi connectivity index (χ0v) is 10.9. The molecule has 0 aliphatic heterocycles. The molecule has 0 amide bonds. The molecule has 0 aliphatic carbocycles. The lowest BCUT2D eigenvalue weighted by molar-refractivity contribution is 0.289. The van der Waals surface area contributed by atoms with Crippen LogP contribution in [0, 0.1) is 6.92 Å². The van der Waals surface area contributed by atoms with Crippen molar-refractivity contribution in [2.45, 2.75) is 20.4 Å². The third-order valence-corrected chi connectivity index (χ3v) is 3.14. The molecule has 5 heteroatoms. The standard InChI is InChI=1S/C10H17Cl2N3/c1-4-15(6-5-11)7-9-10(12)8(2)13-14(9)3/h4-7H2,1-3H3. The van der Waals surface area contributed by atoms with Crippen molar-refractivity contribution in [3.63, 3.8) is 0 Å². The van der Waals surface area contributed by atoms with Crippen molar-refractivity contribution in [1.29, 1.82) is 0 Å². The van der Waals surface area contributed by atoms with Gasteiger partial charge in [-0.2, -0.15) is 5.10 Å². The van der Waals surface area contributed by atoms with E-state index < -0.39 is 0 Å². The maximum absolute atomic E-state index is 6.17. The van der Waals surface area contributed by atoms with Crippen molar-refractivity contribution in [3.8, 4) is 0 Å². The van der Waals surface area contributed by atoms with Crippen molar-refractivity contribution < 1.29 is 0 Å². The Morgan fingerprint density at radius 3 is 2.53 bits per heavy atom. The summed E-state index contributed by atoms with van der Waals surface area (Å²) in [4.78, 5) is 2.25. The minimum absolute atomic E-state index is 0.641. The lowest BCUT2D eigenvalue weighted by atomic mass is 10.3. The van der Waals surface area contributed by atoms with Gasteiger partial charge in [0.05, 0.1) is 16.4 Å². The van der Waals surface area contributed by atoms with Crippen LogP contribution in [0.15, 0.2) is 0 Å². The van der Waals surface area contributed by atoms with Crippen LogP contribution in [-0.4, -0.2) is 33.6 Å². The highest BCUT2D eigenvalue weighted by Gasteiger charge is 2.13. The molecule has 0 radical (unpaired) electrons. The molecule has 0 aromatic carbocycles. The van der Waals surface area contributed by atoms with Crippen LogP contribution in [0.2, 0.25) is 5.02 Å². The summed E-state index contributed by atoms with van der Waals surface area (Å²) >= 11 is 11.9. The number of hydrogen-bond acceptors (Lipinski definition) is 2. The van der Waals surface area contributed by atoms with Crippen molar-refractivity contribution in [2.24, 2.45) is 7.05 Å². The molecule has 1 heterocycles. The van der Waals surface area contributed by atoms with Crippen molar-refractivity contribution in [3.05, 3.63) is 16.4 Å². The molecule has 0 unspecified atom stereocenters. The van der Waals surface area contributed by atoms with E-state index in [1.165, 1.54) is 0 Å². The van der Waals surface area contributed by atoms with Crippen LogP contribution in [0.25, 0.3) is 0 Å². The van der Waals surface area contributed by atoms with Crippen LogP contribution in [0.5, 0.6) is 0 Å². The second-order valence-electron chi connectivity index (χ2n) is 3.53. The van der Waals surface area contributed by atoms with Gasteiger partial charge in [0.2, 0.25) is 0 Å². The van der Waals surface area contributed by atoms with Crippen molar-refractivity contribution >= 4 is 23.2 Å². The molecule has 15 heavy (non-hydrogen) atoms. The average molecular weight is 250 g/mol. The minimum Gasteiger partial charge on any atom is -0.297 e. The van der Waals surface area contributed by atoms with Gasteiger partial charge in [-0.3, -0.25) is 9.58 Å². The number of hydrogen-bond donors (Lipinski definition) is 0. The lowest BCUT2D eigenvalue weighted by Crippen LogP contribution is -2.26. The number of aromatic nitrogens is 2. The molecule has 0 saturated heterocycles. The fourth-order valence-electron chi connectivity index (χ4n) is 1.53. The quantitative estimate of drug-likeness (QED) is 0.748. The van der Waals surface area contributed by atoms with Crippen LogP contribution in [0.4, 0.5) is 0 Å². The smallest absolute Gasteiger partial charge is 0.0860 e. The third-order valence-electron chi connectivity index (χ3n) is 2.48. The normalized spacial score (nSPS) is 11.3. The largest absolute Gasteiger partial charge is 0.297 e. The summed E-state index contributed by atoms with van der Waals surface area (Å²) in [5.41, 5.74) is 1.94. The maximum Gasteiger partial charge on any atom is 0.0860 e. The second kappa shape index (κ2) is 5.73. The molecule has 0 saturated carbocycles.